The van der Waals surface area contributed by atoms with Crippen LogP contribution in [0.3, 0.4) is 0 Å². The largest absolute Gasteiger partial charge is 0.306 e. The second-order valence-corrected chi connectivity index (χ2v) is 7.24. The molecule has 0 bridgehead atoms. The maximum absolute atomic E-state index is 4.66. The van der Waals surface area contributed by atoms with E-state index >= 15 is 0 Å². The molecule has 2 aliphatic carbocycles. The fraction of sp³-hybridized carbons (Fsp3) is 1.00. The van der Waals surface area contributed by atoms with Crippen molar-refractivity contribution in [2.45, 2.75) is 64.2 Å². The average molecular weight is 269 g/mol. The summed E-state index contributed by atoms with van der Waals surface area (Å²) in [4.78, 5) is 2.62. The highest BCUT2D eigenvalue weighted by molar-refractivity contribution is 7.80. The van der Waals surface area contributed by atoms with Crippen molar-refractivity contribution >= 4 is 12.6 Å². The molecular weight excluding hydrogens is 238 g/mol. The van der Waals surface area contributed by atoms with Gasteiger partial charge in [0.2, 0.25) is 0 Å². The SMILES string of the molecule is CN(CC1CCCCC1)CC1(CS)CCCCC1. The van der Waals surface area contributed by atoms with E-state index < -0.39 is 0 Å². The van der Waals surface area contributed by atoms with Crippen LogP contribution in [-0.4, -0.2) is 30.8 Å². The normalized spacial score (nSPS) is 25.5. The van der Waals surface area contributed by atoms with E-state index in [9.17, 15) is 0 Å². The molecule has 2 heteroatoms. The number of hydrogen-bond donors (Lipinski definition) is 1. The number of nitrogens with zero attached hydrogens (tertiary/aromatic N) is 1. The van der Waals surface area contributed by atoms with E-state index in [0.717, 1.165) is 11.7 Å². The molecule has 106 valence electrons. The summed E-state index contributed by atoms with van der Waals surface area (Å²) in [5, 5.41) is 0. The fourth-order valence-corrected chi connectivity index (χ4v) is 4.53. The molecule has 2 rings (SSSR count). The van der Waals surface area contributed by atoms with E-state index in [4.69, 9.17) is 0 Å². The van der Waals surface area contributed by atoms with E-state index in [1.165, 1.54) is 77.3 Å². The molecule has 0 saturated heterocycles. The third kappa shape index (κ3) is 4.16. The average Bonchev–Trinajstić information content (AvgIpc) is 2.41. The molecule has 18 heavy (non-hydrogen) atoms. The van der Waals surface area contributed by atoms with E-state index in [1.54, 1.807) is 0 Å². The zero-order chi connectivity index (χ0) is 12.8. The molecule has 0 aromatic carbocycles. The minimum atomic E-state index is 0.533. The van der Waals surface area contributed by atoms with Gasteiger partial charge in [-0.15, -0.1) is 0 Å². The molecule has 2 aliphatic rings. The van der Waals surface area contributed by atoms with Gasteiger partial charge in [-0.1, -0.05) is 38.5 Å². The van der Waals surface area contributed by atoms with Gasteiger partial charge in [0.25, 0.3) is 0 Å². The summed E-state index contributed by atoms with van der Waals surface area (Å²) < 4.78 is 0. The first-order valence-electron chi connectivity index (χ1n) is 8.03. The van der Waals surface area contributed by atoms with Gasteiger partial charge in [-0.05, 0) is 49.8 Å². The Labute approximate surface area is 119 Å². The Morgan fingerprint density at radius 2 is 1.61 bits per heavy atom. The first-order chi connectivity index (χ1) is 8.74. The second-order valence-electron chi connectivity index (χ2n) is 6.92. The minimum absolute atomic E-state index is 0.533. The van der Waals surface area contributed by atoms with Crippen molar-refractivity contribution in [1.29, 1.82) is 0 Å². The van der Waals surface area contributed by atoms with E-state index in [2.05, 4.69) is 24.6 Å². The summed E-state index contributed by atoms with van der Waals surface area (Å²) in [6, 6.07) is 0. The zero-order valence-corrected chi connectivity index (χ0v) is 13.1. The first kappa shape index (κ1) is 14.7. The molecule has 0 N–H and O–H groups in total. The zero-order valence-electron chi connectivity index (χ0n) is 12.2. The van der Waals surface area contributed by atoms with Gasteiger partial charge in [0.1, 0.15) is 0 Å². The summed E-state index contributed by atoms with van der Waals surface area (Å²) in [7, 11) is 2.34. The van der Waals surface area contributed by atoms with Crippen LogP contribution in [0.15, 0.2) is 0 Å². The molecule has 2 fully saturated rings. The van der Waals surface area contributed by atoms with Gasteiger partial charge < -0.3 is 4.90 Å². The number of hydrogen-bond acceptors (Lipinski definition) is 2. The third-order valence-electron chi connectivity index (χ3n) is 5.15. The Morgan fingerprint density at radius 1 is 1.00 bits per heavy atom. The van der Waals surface area contributed by atoms with Crippen molar-refractivity contribution in [1.82, 2.24) is 4.90 Å². The highest BCUT2D eigenvalue weighted by Crippen LogP contribution is 2.38. The summed E-state index contributed by atoms with van der Waals surface area (Å²) >= 11 is 4.66. The van der Waals surface area contributed by atoms with Gasteiger partial charge in [-0.3, -0.25) is 0 Å². The fourth-order valence-electron chi connectivity index (χ4n) is 4.12. The smallest absolute Gasteiger partial charge is 0.00429 e. The Kier molecular flexibility index (Phi) is 5.88. The molecule has 0 heterocycles. The van der Waals surface area contributed by atoms with Crippen molar-refractivity contribution < 1.29 is 0 Å². The molecule has 0 spiro atoms. The van der Waals surface area contributed by atoms with Crippen molar-refractivity contribution in [2.75, 3.05) is 25.9 Å². The van der Waals surface area contributed by atoms with Crippen LogP contribution < -0.4 is 0 Å². The van der Waals surface area contributed by atoms with Crippen LogP contribution in [0.4, 0.5) is 0 Å². The Hall–Kier alpha value is 0.310. The van der Waals surface area contributed by atoms with E-state index in [-0.39, 0.29) is 0 Å². The van der Waals surface area contributed by atoms with Crippen LogP contribution in [0, 0.1) is 11.3 Å². The molecule has 1 nitrogen and oxygen atoms in total. The van der Waals surface area contributed by atoms with Crippen LogP contribution in [0.1, 0.15) is 64.2 Å². The summed E-state index contributed by atoms with van der Waals surface area (Å²) in [5.41, 5.74) is 0.533. The van der Waals surface area contributed by atoms with Gasteiger partial charge in [0, 0.05) is 13.1 Å². The third-order valence-corrected chi connectivity index (χ3v) is 5.82. The minimum Gasteiger partial charge on any atom is -0.306 e. The molecule has 0 radical (unpaired) electrons. The highest BCUT2D eigenvalue weighted by atomic mass is 32.1. The maximum Gasteiger partial charge on any atom is 0.00429 e. The molecule has 0 unspecified atom stereocenters. The molecule has 0 aromatic heterocycles. The standard InChI is InChI=1S/C16H31NS/c1-17(12-15-8-4-2-5-9-15)13-16(14-18)10-6-3-7-11-16/h15,18H,2-14H2,1H3. The van der Waals surface area contributed by atoms with Crippen molar-refractivity contribution in [3.8, 4) is 0 Å². The molecule has 0 aliphatic heterocycles. The second kappa shape index (κ2) is 7.19. The van der Waals surface area contributed by atoms with Crippen LogP contribution >= 0.6 is 12.6 Å². The summed E-state index contributed by atoms with van der Waals surface area (Å²) in [6.45, 7) is 2.61. The lowest BCUT2D eigenvalue weighted by Crippen LogP contribution is -2.40. The van der Waals surface area contributed by atoms with Gasteiger partial charge in [-0.25, -0.2) is 0 Å². The molecule has 2 saturated carbocycles. The van der Waals surface area contributed by atoms with E-state index in [1.807, 2.05) is 0 Å². The Bertz CT molecular complexity index is 229. The predicted octanol–water partition coefficient (Wildman–Crippen LogP) is 4.38. The lowest BCUT2D eigenvalue weighted by atomic mass is 9.75. The lowest BCUT2D eigenvalue weighted by Gasteiger charge is -2.40. The Balaban J connectivity index is 1.78. The van der Waals surface area contributed by atoms with Crippen LogP contribution in [0.5, 0.6) is 0 Å². The lowest BCUT2D eigenvalue weighted by molar-refractivity contribution is 0.125. The summed E-state index contributed by atoms with van der Waals surface area (Å²) in [5.74, 6) is 2.06. The van der Waals surface area contributed by atoms with Gasteiger partial charge in [-0.2, -0.15) is 12.6 Å². The molecular formula is C16H31NS. The topological polar surface area (TPSA) is 3.24 Å². The van der Waals surface area contributed by atoms with Crippen LogP contribution in [-0.2, 0) is 0 Å². The molecule has 0 aromatic rings. The van der Waals surface area contributed by atoms with Crippen molar-refractivity contribution in [3.63, 3.8) is 0 Å². The number of thiol groups is 1. The predicted molar refractivity (Wildman–Crippen MR) is 83.4 cm³/mol. The van der Waals surface area contributed by atoms with Crippen molar-refractivity contribution in [3.05, 3.63) is 0 Å². The van der Waals surface area contributed by atoms with Gasteiger partial charge in [0.15, 0.2) is 0 Å². The van der Waals surface area contributed by atoms with Gasteiger partial charge in [0.05, 0.1) is 0 Å². The first-order valence-corrected chi connectivity index (χ1v) is 8.67. The maximum atomic E-state index is 4.66. The van der Waals surface area contributed by atoms with Gasteiger partial charge >= 0.3 is 0 Å². The summed E-state index contributed by atoms with van der Waals surface area (Å²) in [6.07, 6.45) is 14.5. The molecule has 0 atom stereocenters. The molecule has 0 amide bonds. The van der Waals surface area contributed by atoms with Crippen molar-refractivity contribution in [2.24, 2.45) is 11.3 Å². The highest BCUT2D eigenvalue weighted by Gasteiger charge is 2.32. The quantitative estimate of drug-likeness (QED) is 0.725. The monoisotopic (exact) mass is 269 g/mol. The van der Waals surface area contributed by atoms with Crippen LogP contribution in [0.25, 0.3) is 0 Å². The van der Waals surface area contributed by atoms with Crippen LogP contribution in [0.2, 0.25) is 0 Å². The Morgan fingerprint density at radius 3 is 2.22 bits per heavy atom. The van der Waals surface area contributed by atoms with E-state index in [0.29, 0.717) is 5.41 Å². The number of rotatable bonds is 5.